The second-order valence-electron chi connectivity index (χ2n) is 2.86. The summed E-state index contributed by atoms with van der Waals surface area (Å²) in [5.41, 5.74) is 12.0. The van der Waals surface area contributed by atoms with Gasteiger partial charge in [-0.1, -0.05) is 0 Å². The van der Waals surface area contributed by atoms with E-state index in [-0.39, 0.29) is 29.1 Å². The van der Waals surface area contributed by atoms with Gasteiger partial charge in [-0.2, -0.15) is 5.26 Å². The highest BCUT2D eigenvalue weighted by Crippen LogP contribution is 2.21. The lowest BCUT2D eigenvalue weighted by Gasteiger charge is -2.07. The van der Waals surface area contributed by atoms with E-state index in [0.717, 1.165) is 0 Å². The van der Waals surface area contributed by atoms with Crippen molar-refractivity contribution in [2.75, 3.05) is 18.1 Å². The number of esters is 1. The normalized spacial score (nSPS) is 9.33. The average molecular weight is 205 g/mol. The van der Waals surface area contributed by atoms with Crippen molar-refractivity contribution in [2.24, 2.45) is 0 Å². The first kappa shape index (κ1) is 10.9. The number of anilines is 2. The first-order valence-corrected chi connectivity index (χ1v) is 4.36. The number of carbonyl (C=O) groups excluding carboxylic acids is 1. The minimum Gasteiger partial charge on any atom is -0.462 e. The number of nitrogens with zero attached hydrogens (tertiary/aromatic N) is 1. The van der Waals surface area contributed by atoms with Crippen molar-refractivity contribution in [3.8, 4) is 6.07 Å². The second kappa shape index (κ2) is 4.33. The van der Waals surface area contributed by atoms with E-state index < -0.39 is 5.97 Å². The molecule has 0 aliphatic carbocycles. The molecule has 0 atom stereocenters. The minimum atomic E-state index is -0.536. The summed E-state index contributed by atoms with van der Waals surface area (Å²) in [6.45, 7) is 1.96. The van der Waals surface area contributed by atoms with Gasteiger partial charge in [0.1, 0.15) is 6.07 Å². The third-order valence-electron chi connectivity index (χ3n) is 1.84. The standard InChI is InChI=1S/C10H11N3O2/c1-2-15-10(14)7-4-8(12)6(5-11)3-9(7)13/h3-4H,2,12-13H2,1H3. The van der Waals surface area contributed by atoms with Gasteiger partial charge in [-0.25, -0.2) is 4.79 Å². The van der Waals surface area contributed by atoms with Crippen LogP contribution in [0.2, 0.25) is 0 Å². The van der Waals surface area contributed by atoms with E-state index in [0.29, 0.717) is 0 Å². The molecule has 0 spiro atoms. The number of nitrogens with two attached hydrogens (primary N) is 2. The van der Waals surface area contributed by atoms with Crippen molar-refractivity contribution >= 4 is 17.3 Å². The van der Waals surface area contributed by atoms with Gasteiger partial charge < -0.3 is 16.2 Å². The van der Waals surface area contributed by atoms with Gasteiger partial charge in [0.2, 0.25) is 0 Å². The molecule has 1 aromatic rings. The minimum absolute atomic E-state index is 0.188. The van der Waals surface area contributed by atoms with Crippen LogP contribution < -0.4 is 11.5 Å². The second-order valence-corrected chi connectivity index (χ2v) is 2.86. The maximum atomic E-state index is 11.4. The van der Waals surface area contributed by atoms with Crippen molar-refractivity contribution in [3.63, 3.8) is 0 Å². The zero-order chi connectivity index (χ0) is 11.4. The lowest BCUT2D eigenvalue weighted by atomic mass is 10.1. The zero-order valence-corrected chi connectivity index (χ0v) is 8.28. The molecule has 0 bridgehead atoms. The quantitative estimate of drug-likeness (QED) is 0.551. The third kappa shape index (κ3) is 2.17. The van der Waals surface area contributed by atoms with Gasteiger partial charge in [-0.05, 0) is 19.1 Å². The summed E-state index contributed by atoms with van der Waals surface area (Å²) in [7, 11) is 0. The maximum Gasteiger partial charge on any atom is 0.340 e. The van der Waals surface area contributed by atoms with Crippen LogP contribution in [-0.2, 0) is 4.74 Å². The molecule has 1 rings (SSSR count). The fourth-order valence-corrected chi connectivity index (χ4v) is 1.12. The fraction of sp³-hybridized carbons (Fsp3) is 0.200. The maximum absolute atomic E-state index is 11.4. The topological polar surface area (TPSA) is 102 Å². The van der Waals surface area contributed by atoms with Gasteiger partial charge in [0.15, 0.2) is 0 Å². The van der Waals surface area contributed by atoms with Gasteiger partial charge in [0.05, 0.1) is 23.4 Å². The first-order chi connectivity index (χ1) is 7.10. The molecule has 0 heterocycles. The summed E-state index contributed by atoms with van der Waals surface area (Å²) in [5, 5.41) is 8.67. The van der Waals surface area contributed by atoms with Gasteiger partial charge in [-0.3, -0.25) is 0 Å². The molecular formula is C10H11N3O2. The molecule has 5 heteroatoms. The van der Waals surface area contributed by atoms with Crippen molar-refractivity contribution in [2.45, 2.75) is 6.92 Å². The van der Waals surface area contributed by atoms with Crippen LogP contribution in [0.15, 0.2) is 12.1 Å². The number of benzene rings is 1. The number of ether oxygens (including phenoxy) is 1. The third-order valence-corrected chi connectivity index (χ3v) is 1.84. The van der Waals surface area contributed by atoms with Crippen molar-refractivity contribution in [1.29, 1.82) is 5.26 Å². The van der Waals surface area contributed by atoms with Crippen LogP contribution in [0.5, 0.6) is 0 Å². The molecular weight excluding hydrogens is 194 g/mol. The first-order valence-electron chi connectivity index (χ1n) is 4.36. The number of rotatable bonds is 2. The van der Waals surface area contributed by atoms with Crippen LogP contribution in [0.3, 0.4) is 0 Å². The molecule has 0 saturated heterocycles. The van der Waals surface area contributed by atoms with E-state index in [1.54, 1.807) is 6.92 Å². The molecule has 0 amide bonds. The van der Waals surface area contributed by atoms with E-state index in [1.807, 2.05) is 6.07 Å². The van der Waals surface area contributed by atoms with Crippen molar-refractivity contribution in [1.82, 2.24) is 0 Å². The van der Waals surface area contributed by atoms with E-state index in [1.165, 1.54) is 12.1 Å². The average Bonchev–Trinajstić information content (AvgIpc) is 2.21. The smallest absolute Gasteiger partial charge is 0.340 e. The highest BCUT2D eigenvalue weighted by molar-refractivity contribution is 5.96. The number of nitrogen functional groups attached to an aromatic ring is 2. The van der Waals surface area contributed by atoms with Crippen LogP contribution in [0.25, 0.3) is 0 Å². The molecule has 0 aromatic heterocycles. The zero-order valence-electron chi connectivity index (χ0n) is 8.28. The van der Waals surface area contributed by atoms with E-state index >= 15 is 0 Å². The molecule has 0 radical (unpaired) electrons. The Morgan fingerprint density at radius 3 is 2.67 bits per heavy atom. The Hall–Kier alpha value is -2.22. The Balaban J connectivity index is 3.17. The summed E-state index contributed by atoms with van der Waals surface area (Å²) < 4.78 is 4.78. The lowest BCUT2D eigenvalue weighted by Crippen LogP contribution is -2.09. The monoisotopic (exact) mass is 205 g/mol. The Kier molecular flexibility index (Phi) is 3.13. The van der Waals surface area contributed by atoms with Gasteiger partial charge in [0, 0.05) is 5.69 Å². The Morgan fingerprint density at radius 2 is 2.13 bits per heavy atom. The molecule has 15 heavy (non-hydrogen) atoms. The van der Waals surface area contributed by atoms with Crippen LogP contribution >= 0.6 is 0 Å². The predicted octanol–water partition coefficient (Wildman–Crippen LogP) is 0.899. The van der Waals surface area contributed by atoms with E-state index in [2.05, 4.69) is 0 Å². The Morgan fingerprint density at radius 1 is 1.47 bits per heavy atom. The lowest BCUT2D eigenvalue weighted by molar-refractivity contribution is 0.0527. The highest BCUT2D eigenvalue weighted by Gasteiger charge is 2.13. The van der Waals surface area contributed by atoms with Crippen LogP contribution in [0.4, 0.5) is 11.4 Å². The molecule has 4 N–H and O–H groups in total. The van der Waals surface area contributed by atoms with E-state index in [4.69, 9.17) is 21.5 Å². The number of hydrogen-bond donors (Lipinski definition) is 2. The molecule has 0 fully saturated rings. The van der Waals surface area contributed by atoms with Gasteiger partial charge in [0.25, 0.3) is 0 Å². The molecule has 0 aliphatic heterocycles. The van der Waals surface area contributed by atoms with Crippen molar-refractivity contribution in [3.05, 3.63) is 23.3 Å². The summed E-state index contributed by atoms with van der Waals surface area (Å²) in [6.07, 6.45) is 0. The predicted molar refractivity (Wildman–Crippen MR) is 55.9 cm³/mol. The molecule has 5 nitrogen and oxygen atoms in total. The molecule has 0 aliphatic rings. The summed E-state index contributed by atoms with van der Waals surface area (Å²) in [4.78, 5) is 11.4. The van der Waals surface area contributed by atoms with Crippen LogP contribution in [0.1, 0.15) is 22.8 Å². The number of carbonyl (C=O) groups is 1. The highest BCUT2D eigenvalue weighted by atomic mass is 16.5. The Bertz CT molecular complexity index is 435. The molecule has 0 unspecified atom stereocenters. The van der Waals surface area contributed by atoms with Crippen LogP contribution in [0, 0.1) is 11.3 Å². The molecule has 0 saturated carbocycles. The largest absolute Gasteiger partial charge is 0.462 e. The van der Waals surface area contributed by atoms with E-state index in [9.17, 15) is 4.79 Å². The summed E-state index contributed by atoms with van der Waals surface area (Å²) in [6, 6.07) is 4.59. The number of nitriles is 1. The SMILES string of the molecule is CCOC(=O)c1cc(N)c(C#N)cc1N. The summed E-state index contributed by atoms with van der Waals surface area (Å²) in [5.74, 6) is -0.536. The molecule has 1 aromatic carbocycles. The Labute approximate surface area is 87.2 Å². The van der Waals surface area contributed by atoms with Crippen molar-refractivity contribution < 1.29 is 9.53 Å². The number of hydrogen-bond acceptors (Lipinski definition) is 5. The summed E-state index contributed by atoms with van der Waals surface area (Å²) >= 11 is 0. The fourth-order valence-electron chi connectivity index (χ4n) is 1.12. The van der Waals surface area contributed by atoms with Crippen LogP contribution in [-0.4, -0.2) is 12.6 Å². The molecule has 78 valence electrons. The van der Waals surface area contributed by atoms with Gasteiger partial charge in [-0.15, -0.1) is 0 Å². The van der Waals surface area contributed by atoms with Gasteiger partial charge >= 0.3 is 5.97 Å².